The maximum atomic E-state index is 10.8. The van der Waals surface area contributed by atoms with E-state index in [4.69, 9.17) is 9.84 Å². The smallest absolute Gasteiger partial charge is 0.360 e. The topological polar surface area (TPSA) is 58.9 Å². The molecule has 22 heavy (non-hydrogen) atoms. The summed E-state index contributed by atoms with van der Waals surface area (Å²) in [5.41, 5.74) is 2.30. The second kappa shape index (κ2) is 6.66. The quantitative estimate of drug-likeness (QED) is 0.920. The predicted octanol–water partition coefficient (Wildman–Crippen LogP) is 3.33. The normalized spacial score (nSPS) is 17.1. The van der Waals surface area contributed by atoms with Crippen molar-refractivity contribution in [2.24, 2.45) is 4.99 Å². The van der Waals surface area contributed by atoms with Crippen molar-refractivity contribution < 1.29 is 14.6 Å². The number of benzene rings is 2. The van der Waals surface area contributed by atoms with Gasteiger partial charge in [-0.05, 0) is 23.3 Å². The molecule has 2 aromatic carbocycles. The van der Waals surface area contributed by atoms with E-state index >= 15 is 0 Å². The van der Waals surface area contributed by atoms with Crippen LogP contribution in [0.15, 0.2) is 59.6 Å². The third-order valence-electron chi connectivity index (χ3n) is 3.30. The van der Waals surface area contributed by atoms with Gasteiger partial charge in [-0.3, -0.25) is 4.99 Å². The first kappa shape index (κ1) is 14.7. The lowest BCUT2D eigenvalue weighted by molar-refractivity contribution is -0.129. The van der Waals surface area contributed by atoms with Crippen LogP contribution >= 0.6 is 11.8 Å². The zero-order chi connectivity index (χ0) is 15.4. The summed E-state index contributed by atoms with van der Waals surface area (Å²) in [5.74, 6) is 0.465. The van der Waals surface area contributed by atoms with Crippen LogP contribution in [0.2, 0.25) is 0 Å². The fourth-order valence-electron chi connectivity index (χ4n) is 2.18. The van der Waals surface area contributed by atoms with Crippen molar-refractivity contribution in [1.82, 2.24) is 0 Å². The summed E-state index contributed by atoms with van der Waals surface area (Å²) in [7, 11) is 0. The highest BCUT2D eigenvalue weighted by Gasteiger charge is 2.23. The molecule has 0 radical (unpaired) electrons. The van der Waals surface area contributed by atoms with Crippen LogP contribution < -0.4 is 4.74 Å². The number of hydrogen-bond donors (Lipinski definition) is 1. The fraction of sp³-hybridized carbons (Fsp3) is 0.176. The summed E-state index contributed by atoms with van der Waals surface area (Å²) in [6, 6.07) is 17.9. The van der Waals surface area contributed by atoms with Crippen molar-refractivity contribution in [3.05, 3.63) is 54.6 Å². The number of ether oxygens (including phenoxy) is 1. The number of carboxylic acids is 1. The molecule has 1 aliphatic rings. The van der Waals surface area contributed by atoms with Crippen LogP contribution in [-0.2, 0) is 4.79 Å². The summed E-state index contributed by atoms with van der Waals surface area (Å²) in [6.07, 6.45) is 0. The Morgan fingerprint density at radius 2 is 1.82 bits per heavy atom. The molecule has 112 valence electrons. The summed E-state index contributed by atoms with van der Waals surface area (Å²) in [5, 5.41) is 9.04. The van der Waals surface area contributed by atoms with Crippen molar-refractivity contribution in [2.45, 2.75) is 6.04 Å². The molecule has 5 heteroatoms. The molecule has 0 aliphatic carbocycles. The summed E-state index contributed by atoms with van der Waals surface area (Å²) >= 11 is 1.26. The van der Waals surface area contributed by atoms with Gasteiger partial charge in [-0.25, -0.2) is 4.79 Å². The zero-order valence-electron chi connectivity index (χ0n) is 11.8. The molecule has 0 saturated heterocycles. The third-order valence-corrected chi connectivity index (χ3v) is 4.40. The Morgan fingerprint density at radius 1 is 1.14 bits per heavy atom. The molecular weight excluding hydrogens is 298 g/mol. The van der Waals surface area contributed by atoms with Gasteiger partial charge in [0.15, 0.2) is 5.04 Å². The van der Waals surface area contributed by atoms with Gasteiger partial charge in [0, 0.05) is 5.75 Å². The van der Waals surface area contributed by atoms with Gasteiger partial charge in [0.2, 0.25) is 0 Å². The van der Waals surface area contributed by atoms with Crippen molar-refractivity contribution >= 4 is 22.8 Å². The van der Waals surface area contributed by atoms with Crippen LogP contribution in [0.25, 0.3) is 11.1 Å². The number of carbonyl (C=O) groups is 1. The second-order valence-electron chi connectivity index (χ2n) is 4.91. The average molecular weight is 313 g/mol. The van der Waals surface area contributed by atoms with Gasteiger partial charge in [-0.1, -0.05) is 54.2 Å². The van der Waals surface area contributed by atoms with Gasteiger partial charge in [0.25, 0.3) is 0 Å². The Balaban J connectivity index is 1.59. The lowest BCUT2D eigenvalue weighted by atomic mass is 10.1. The molecule has 0 amide bonds. The van der Waals surface area contributed by atoms with Crippen molar-refractivity contribution in [3.63, 3.8) is 0 Å². The van der Waals surface area contributed by atoms with E-state index in [1.165, 1.54) is 11.8 Å². The monoisotopic (exact) mass is 313 g/mol. The minimum atomic E-state index is -0.959. The van der Waals surface area contributed by atoms with Gasteiger partial charge in [-0.2, -0.15) is 0 Å². The second-order valence-corrected chi connectivity index (χ2v) is 5.91. The van der Waals surface area contributed by atoms with Gasteiger partial charge in [-0.15, -0.1) is 0 Å². The van der Waals surface area contributed by atoms with E-state index < -0.39 is 5.97 Å². The van der Waals surface area contributed by atoms with Crippen LogP contribution in [0.4, 0.5) is 0 Å². The standard InChI is InChI=1S/C17H15NO3S/c19-17(20)16-18-14(11-22-16)10-21-15-8-6-13(7-9-15)12-4-2-1-3-5-12/h1-9,14H,10-11H2,(H,19,20). The fourth-order valence-corrected chi connectivity index (χ4v) is 3.05. The van der Waals surface area contributed by atoms with E-state index in [0.29, 0.717) is 12.4 Å². The Bertz CT molecular complexity index is 683. The van der Waals surface area contributed by atoms with Gasteiger partial charge in [0.1, 0.15) is 12.4 Å². The number of carboxylic acid groups (broad SMARTS) is 1. The van der Waals surface area contributed by atoms with Crippen LogP contribution in [0, 0.1) is 0 Å². The minimum absolute atomic E-state index is 0.0927. The van der Waals surface area contributed by atoms with Crippen molar-refractivity contribution in [2.75, 3.05) is 12.4 Å². The molecule has 1 heterocycles. The first-order valence-electron chi connectivity index (χ1n) is 6.94. The van der Waals surface area contributed by atoms with Gasteiger partial charge >= 0.3 is 5.97 Å². The number of nitrogens with zero attached hydrogens (tertiary/aromatic N) is 1. The molecular formula is C17H15NO3S. The SMILES string of the molecule is O=C(O)C1=NC(COc2ccc(-c3ccccc3)cc2)CS1. The third kappa shape index (κ3) is 3.49. The lowest BCUT2D eigenvalue weighted by Crippen LogP contribution is -2.15. The molecule has 3 rings (SSSR count). The largest absolute Gasteiger partial charge is 0.491 e. The molecule has 0 fully saturated rings. The van der Waals surface area contributed by atoms with E-state index in [1.807, 2.05) is 42.5 Å². The van der Waals surface area contributed by atoms with E-state index in [1.54, 1.807) is 0 Å². The maximum Gasteiger partial charge on any atom is 0.360 e. The molecule has 0 spiro atoms. The molecule has 1 unspecified atom stereocenters. The Hall–Kier alpha value is -2.27. The van der Waals surface area contributed by atoms with Crippen LogP contribution in [0.3, 0.4) is 0 Å². The molecule has 1 atom stereocenters. The first-order valence-corrected chi connectivity index (χ1v) is 7.93. The summed E-state index contributed by atoms with van der Waals surface area (Å²) < 4.78 is 5.70. The molecule has 0 bridgehead atoms. The molecule has 0 saturated carbocycles. The number of aliphatic imine (C=N–C) groups is 1. The Kier molecular flexibility index (Phi) is 4.44. The number of hydrogen-bond acceptors (Lipinski definition) is 4. The van der Waals surface area contributed by atoms with Crippen LogP contribution in [0.1, 0.15) is 0 Å². The lowest BCUT2D eigenvalue weighted by Gasteiger charge is -2.10. The van der Waals surface area contributed by atoms with E-state index in [-0.39, 0.29) is 11.1 Å². The number of thioether (sulfide) groups is 1. The predicted molar refractivity (Wildman–Crippen MR) is 88.7 cm³/mol. The van der Waals surface area contributed by atoms with Gasteiger partial charge in [0.05, 0.1) is 6.04 Å². The van der Waals surface area contributed by atoms with E-state index in [2.05, 4.69) is 17.1 Å². The molecule has 4 nitrogen and oxygen atoms in total. The summed E-state index contributed by atoms with van der Waals surface area (Å²) in [4.78, 5) is 14.9. The zero-order valence-corrected chi connectivity index (χ0v) is 12.6. The number of rotatable bonds is 5. The van der Waals surface area contributed by atoms with Crippen LogP contribution in [0.5, 0.6) is 5.75 Å². The summed E-state index contributed by atoms with van der Waals surface area (Å²) in [6.45, 7) is 0.397. The minimum Gasteiger partial charge on any atom is -0.491 e. The molecule has 1 N–H and O–H groups in total. The van der Waals surface area contributed by atoms with E-state index in [0.717, 1.165) is 16.9 Å². The van der Waals surface area contributed by atoms with Crippen molar-refractivity contribution in [1.29, 1.82) is 0 Å². The molecule has 2 aromatic rings. The highest BCUT2D eigenvalue weighted by atomic mass is 32.2. The highest BCUT2D eigenvalue weighted by molar-refractivity contribution is 8.16. The molecule has 0 aromatic heterocycles. The average Bonchev–Trinajstić information content (AvgIpc) is 3.04. The Labute approximate surface area is 132 Å². The molecule has 1 aliphatic heterocycles. The van der Waals surface area contributed by atoms with E-state index in [9.17, 15) is 4.79 Å². The maximum absolute atomic E-state index is 10.8. The van der Waals surface area contributed by atoms with Crippen molar-refractivity contribution in [3.8, 4) is 16.9 Å². The Morgan fingerprint density at radius 3 is 2.45 bits per heavy atom. The number of aliphatic carboxylic acids is 1. The van der Waals surface area contributed by atoms with Crippen LogP contribution in [-0.4, -0.2) is 34.5 Å². The highest BCUT2D eigenvalue weighted by Crippen LogP contribution is 2.23. The first-order chi connectivity index (χ1) is 10.7. The van der Waals surface area contributed by atoms with Gasteiger partial charge < -0.3 is 9.84 Å².